The second kappa shape index (κ2) is 4.69. The minimum absolute atomic E-state index is 0.0275. The third-order valence-corrected chi connectivity index (χ3v) is 3.20. The molecule has 1 aromatic heterocycles. The van der Waals surface area contributed by atoms with Gasteiger partial charge in [0.25, 0.3) is 0 Å². The first-order valence-electron chi connectivity index (χ1n) is 4.98. The highest BCUT2D eigenvalue weighted by Crippen LogP contribution is 2.53. The molecule has 0 saturated heterocycles. The lowest BCUT2D eigenvalue weighted by atomic mass is 10.4. The molecule has 0 N–H and O–H groups in total. The molecule has 1 aliphatic carbocycles. The number of carbonyl (C=O) groups excluding carboxylic acids is 1. The van der Waals surface area contributed by atoms with Gasteiger partial charge in [-0.25, -0.2) is 0 Å². The molecular formula is C8H8Cl2N4O4. The highest BCUT2D eigenvalue weighted by atomic mass is 35.5. The van der Waals surface area contributed by atoms with Gasteiger partial charge in [0, 0.05) is 5.10 Å². The van der Waals surface area contributed by atoms with Crippen LogP contribution in [0.4, 0.5) is 5.95 Å². The smallest absolute Gasteiger partial charge is 0.463 e. The average molecular weight is 295 g/mol. The Hall–Kier alpha value is -1.41. The van der Waals surface area contributed by atoms with Crippen LogP contribution < -0.4 is 0 Å². The summed E-state index contributed by atoms with van der Waals surface area (Å²) in [6, 6.07) is 0. The summed E-state index contributed by atoms with van der Waals surface area (Å²) in [5.41, 5.74) is 0. The standard InChI is InChI=1S/C8H8Cl2N4O4/c9-8(10)3-5(8)6(15)18-2-1-13-4-11-7(12-13)14(16)17/h4-5H,1-3H2. The van der Waals surface area contributed by atoms with E-state index >= 15 is 0 Å². The average Bonchev–Trinajstić information content (AvgIpc) is 2.75. The van der Waals surface area contributed by atoms with E-state index in [1.807, 2.05) is 0 Å². The molecular weight excluding hydrogens is 287 g/mol. The number of ether oxygens (including phenoxy) is 1. The van der Waals surface area contributed by atoms with E-state index in [1.165, 1.54) is 11.0 Å². The Morgan fingerprint density at radius 3 is 2.89 bits per heavy atom. The van der Waals surface area contributed by atoms with Crippen molar-refractivity contribution in [2.75, 3.05) is 6.61 Å². The van der Waals surface area contributed by atoms with Crippen LogP contribution in [0.25, 0.3) is 0 Å². The van der Waals surface area contributed by atoms with Crippen LogP contribution in [-0.4, -0.2) is 36.6 Å². The normalized spacial score (nSPS) is 20.4. The number of hydrogen-bond donors (Lipinski definition) is 0. The highest BCUT2D eigenvalue weighted by Gasteiger charge is 2.57. The fourth-order valence-corrected chi connectivity index (χ4v) is 1.77. The zero-order chi connectivity index (χ0) is 13.3. The molecule has 1 atom stereocenters. The quantitative estimate of drug-likeness (QED) is 0.346. The number of nitro groups is 1. The molecule has 1 fully saturated rings. The molecule has 98 valence electrons. The lowest BCUT2D eigenvalue weighted by Crippen LogP contribution is -2.15. The maximum atomic E-state index is 11.4. The van der Waals surface area contributed by atoms with Gasteiger partial charge in [0.2, 0.25) is 6.33 Å². The van der Waals surface area contributed by atoms with Crippen LogP contribution in [0.1, 0.15) is 6.42 Å². The van der Waals surface area contributed by atoms with Gasteiger partial charge in [0.1, 0.15) is 10.9 Å². The summed E-state index contributed by atoms with van der Waals surface area (Å²) in [7, 11) is 0. The lowest BCUT2D eigenvalue weighted by Gasteiger charge is -2.02. The van der Waals surface area contributed by atoms with Gasteiger partial charge in [-0.15, -0.1) is 23.2 Å². The summed E-state index contributed by atoms with van der Waals surface area (Å²) in [4.78, 5) is 24.4. The topological polar surface area (TPSA) is 100 Å². The lowest BCUT2D eigenvalue weighted by molar-refractivity contribution is -0.394. The number of nitrogens with zero attached hydrogens (tertiary/aromatic N) is 4. The van der Waals surface area contributed by atoms with Gasteiger partial charge in [-0.3, -0.25) is 4.79 Å². The van der Waals surface area contributed by atoms with Crippen molar-refractivity contribution in [2.24, 2.45) is 5.92 Å². The molecule has 1 saturated carbocycles. The second-order valence-corrected chi connectivity index (χ2v) is 5.29. The molecule has 0 bridgehead atoms. The summed E-state index contributed by atoms with van der Waals surface area (Å²) in [6.45, 7) is 0.205. The van der Waals surface area contributed by atoms with Crippen molar-refractivity contribution in [3.05, 3.63) is 16.4 Å². The largest absolute Gasteiger partial charge is 0.490 e. The van der Waals surface area contributed by atoms with Crippen LogP contribution in [-0.2, 0) is 16.1 Å². The van der Waals surface area contributed by atoms with E-state index in [0.29, 0.717) is 6.42 Å². The van der Waals surface area contributed by atoms with Gasteiger partial charge in [0.15, 0.2) is 0 Å². The number of esters is 1. The molecule has 10 heteroatoms. The third-order valence-electron chi connectivity index (χ3n) is 2.36. The van der Waals surface area contributed by atoms with E-state index < -0.39 is 27.1 Å². The number of carbonyl (C=O) groups is 1. The molecule has 1 heterocycles. The van der Waals surface area contributed by atoms with Crippen molar-refractivity contribution in [1.82, 2.24) is 14.8 Å². The van der Waals surface area contributed by atoms with Crippen molar-refractivity contribution >= 4 is 35.1 Å². The Kier molecular flexibility index (Phi) is 3.40. The van der Waals surface area contributed by atoms with E-state index in [4.69, 9.17) is 27.9 Å². The maximum Gasteiger partial charge on any atom is 0.490 e. The van der Waals surface area contributed by atoms with E-state index in [9.17, 15) is 14.9 Å². The number of hydrogen-bond acceptors (Lipinski definition) is 6. The predicted molar refractivity (Wildman–Crippen MR) is 60.2 cm³/mol. The summed E-state index contributed by atoms with van der Waals surface area (Å²) < 4.78 is 5.11. The van der Waals surface area contributed by atoms with Gasteiger partial charge < -0.3 is 14.9 Å². The number of alkyl halides is 2. The van der Waals surface area contributed by atoms with Crippen LogP contribution in [0, 0.1) is 16.0 Å². The fourth-order valence-electron chi connectivity index (χ4n) is 1.29. The van der Waals surface area contributed by atoms with E-state index in [-0.39, 0.29) is 13.2 Å². The Balaban J connectivity index is 1.75. The molecule has 0 aliphatic heterocycles. The van der Waals surface area contributed by atoms with Crippen molar-refractivity contribution in [3.8, 4) is 0 Å². The van der Waals surface area contributed by atoms with Crippen molar-refractivity contribution < 1.29 is 14.5 Å². The zero-order valence-corrected chi connectivity index (χ0v) is 10.5. The van der Waals surface area contributed by atoms with Gasteiger partial charge >= 0.3 is 11.9 Å². The van der Waals surface area contributed by atoms with E-state index in [2.05, 4.69) is 10.1 Å². The molecule has 1 aromatic rings. The van der Waals surface area contributed by atoms with Crippen LogP contribution in [0.15, 0.2) is 6.33 Å². The molecule has 1 aliphatic rings. The zero-order valence-electron chi connectivity index (χ0n) is 8.95. The molecule has 0 amide bonds. The maximum absolute atomic E-state index is 11.4. The Bertz CT molecular complexity index is 489. The third kappa shape index (κ3) is 2.88. The number of aromatic nitrogens is 3. The van der Waals surface area contributed by atoms with E-state index in [0.717, 1.165) is 0 Å². The van der Waals surface area contributed by atoms with Crippen LogP contribution in [0.2, 0.25) is 0 Å². The Morgan fingerprint density at radius 1 is 1.72 bits per heavy atom. The van der Waals surface area contributed by atoms with Crippen LogP contribution >= 0.6 is 23.2 Å². The van der Waals surface area contributed by atoms with Gasteiger partial charge in [-0.2, -0.15) is 4.68 Å². The molecule has 0 aromatic carbocycles. The minimum Gasteiger partial charge on any atom is -0.463 e. The SMILES string of the molecule is O=C(OCCn1cnc([N+](=O)[O-])n1)C1CC1(Cl)Cl. The predicted octanol–water partition coefficient (Wildman–Crippen LogP) is 0.923. The van der Waals surface area contributed by atoms with Crippen LogP contribution in [0.3, 0.4) is 0 Å². The molecule has 2 rings (SSSR count). The summed E-state index contributed by atoms with van der Waals surface area (Å²) in [5.74, 6) is -1.47. The van der Waals surface area contributed by atoms with Gasteiger partial charge in [-0.05, 0) is 11.3 Å². The highest BCUT2D eigenvalue weighted by molar-refractivity contribution is 6.52. The summed E-state index contributed by atoms with van der Waals surface area (Å²) in [6.07, 6.45) is 1.57. The molecule has 8 nitrogen and oxygen atoms in total. The summed E-state index contributed by atoms with van der Waals surface area (Å²) >= 11 is 11.4. The van der Waals surface area contributed by atoms with Gasteiger partial charge in [0.05, 0.1) is 12.5 Å². The second-order valence-electron chi connectivity index (χ2n) is 3.75. The molecule has 1 unspecified atom stereocenters. The van der Waals surface area contributed by atoms with Crippen molar-refractivity contribution in [3.63, 3.8) is 0 Å². The molecule has 0 spiro atoms. The monoisotopic (exact) mass is 294 g/mol. The molecule has 0 radical (unpaired) electrons. The number of rotatable bonds is 5. The minimum atomic E-state index is -1.01. The van der Waals surface area contributed by atoms with Crippen LogP contribution in [0.5, 0.6) is 0 Å². The Labute approximate surface area is 111 Å². The van der Waals surface area contributed by atoms with Crippen molar-refractivity contribution in [1.29, 1.82) is 0 Å². The Morgan fingerprint density at radius 2 is 2.39 bits per heavy atom. The first-order valence-corrected chi connectivity index (χ1v) is 5.74. The molecule has 18 heavy (non-hydrogen) atoms. The van der Waals surface area contributed by atoms with E-state index in [1.54, 1.807) is 0 Å². The fraction of sp³-hybridized carbons (Fsp3) is 0.625. The van der Waals surface area contributed by atoms with Crippen molar-refractivity contribution in [2.45, 2.75) is 17.3 Å². The van der Waals surface area contributed by atoms with Gasteiger partial charge in [-0.1, -0.05) is 4.98 Å². The first kappa shape index (κ1) is 13.0. The first-order chi connectivity index (χ1) is 8.40. The summed E-state index contributed by atoms with van der Waals surface area (Å²) in [5, 5.41) is 13.9. The number of halogens is 2.